The number of thiazole rings is 2. The molecule has 2 heterocycles. The molecule has 0 unspecified atom stereocenters. The van der Waals surface area contributed by atoms with Crippen LogP contribution in [0.1, 0.15) is 13.8 Å². The van der Waals surface area contributed by atoms with Crippen LogP contribution in [-0.4, -0.2) is 20.9 Å². The second-order valence-corrected chi connectivity index (χ2v) is 9.98. The minimum atomic E-state index is -0.125. The summed E-state index contributed by atoms with van der Waals surface area (Å²) in [6.45, 7) is 2.85. The first-order chi connectivity index (χ1) is 18.0. The van der Waals surface area contributed by atoms with Crippen molar-refractivity contribution in [2.45, 2.75) is 13.8 Å². The van der Waals surface area contributed by atoms with E-state index in [-0.39, 0.29) is 31.6 Å². The fraction of sp³-hybridized carbons (Fsp3) is 0.0645. The summed E-state index contributed by atoms with van der Waals surface area (Å²) in [5, 5.41) is 10.4. The number of fused-ring (bicyclic) bond motifs is 2. The van der Waals surface area contributed by atoms with Crippen LogP contribution in [0.3, 0.4) is 0 Å². The van der Waals surface area contributed by atoms with E-state index >= 15 is 0 Å². The van der Waals surface area contributed by atoms with Crippen LogP contribution in [0.15, 0.2) is 109 Å². The Hall–Kier alpha value is -3.48. The van der Waals surface area contributed by atoms with E-state index in [2.05, 4.69) is 34.2 Å². The Labute approximate surface area is 243 Å². The Bertz CT molecular complexity index is 1450. The average molecular weight is 713 g/mol. The first-order valence-electron chi connectivity index (χ1n) is 11.5. The summed E-state index contributed by atoms with van der Waals surface area (Å²) in [5.74, 6) is -0.0625. The number of aliphatic hydroxyl groups excluding tert-OH is 1. The summed E-state index contributed by atoms with van der Waals surface area (Å²) in [4.78, 5) is 19.2. The number of rotatable bonds is 3. The molecule has 0 atom stereocenters. The van der Waals surface area contributed by atoms with Crippen LogP contribution in [0.2, 0.25) is 0 Å². The molecular formula is C31H24IrN2O2S2-2. The van der Waals surface area contributed by atoms with Gasteiger partial charge in [-0.3, -0.25) is 14.8 Å². The smallest absolute Gasteiger partial charge is 0.155 e. The molecule has 0 spiro atoms. The molecule has 38 heavy (non-hydrogen) atoms. The minimum absolute atomic E-state index is 0. The number of benzene rings is 4. The van der Waals surface area contributed by atoms with Gasteiger partial charge in [-0.2, -0.15) is 22.7 Å². The first-order valence-corrected chi connectivity index (χ1v) is 13.2. The van der Waals surface area contributed by atoms with Crippen molar-refractivity contribution < 1.29 is 30.0 Å². The Morgan fingerprint density at radius 2 is 1.13 bits per heavy atom. The topological polar surface area (TPSA) is 63.1 Å². The molecule has 1 N–H and O–H groups in total. The minimum Gasteiger partial charge on any atom is -0.512 e. The summed E-state index contributed by atoms with van der Waals surface area (Å²) in [6, 6.07) is 38.6. The second kappa shape index (κ2) is 14.5. The molecule has 4 nitrogen and oxygen atoms in total. The summed E-state index contributed by atoms with van der Waals surface area (Å²) in [5.41, 5.74) is 4.27. The van der Waals surface area contributed by atoms with Gasteiger partial charge in [0.25, 0.3) is 0 Å². The van der Waals surface area contributed by atoms with Crippen molar-refractivity contribution in [2.24, 2.45) is 0 Å². The fourth-order valence-electron chi connectivity index (χ4n) is 3.32. The molecule has 2 aromatic heterocycles. The number of allylic oxidation sites excluding steroid dienone is 2. The molecule has 193 valence electrons. The third kappa shape index (κ3) is 8.27. The van der Waals surface area contributed by atoms with Gasteiger partial charge in [0.2, 0.25) is 0 Å². The van der Waals surface area contributed by atoms with Crippen molar-refractivity contribution in [1.29, 1.82) is 0 Å². The van der Waals surface area contributed by atoms with Gasteiger partial charge in [0.1, 0.15) is 0 Å². The Morgan fingerprint density at radius 1 is 0.711 bits per heavy atom. The number of aliphatic hydroxyl groups is 1. The number of nitrogens with zero attached hydrogens (tertiary/aromatic N) is 2. The second-order valence-electron chi connectivity index (χ2n) is 7.92. The van der Waals surface area contributed by atoms with Crippen molar-refractivity contribution >= 4 is 48.9 Å². The standard InChI is InChI=1S/2C13H8NS.C5H8O2.Ir/c2*1-2-6-10(7-3-1)13-14-11-8-4-5-9-12(11)15-13;1-4(6)3-5(2)7;/h2*1-6,8-9H;3,6H,1-2H3;/q2*-1;;/b;;4-3+;. The summed E-state index contributed by atoms with van der Waals surface area (Å²) >= 11 is 3.42. The maximum Gasteiger partial charge on any atom is 0.155 e. The summed E-state index contributed by atoms with van der Waals surface area (Å²) in [7, 11) is 0. The number of ketones is 1. The van der Waals surface area contributed by atoms with Crippen LogP contribution in [0.25, 0.3) is 41.6 Å². The third-order valence-electron chi connectivity index (χ3n) is 4.88. The number of hydrogen-bond donors (Lipinski definition) is 1. The Balaban J connectivity index is 0.000000167. The molecule has 6 aromatic rings. The molecule has 0 aliphatic carbocycles. The normalized spacial score (nSPS) is 10.5. The number of hydrogen-bond acceptors (Lipinski definition) is 6. The van der Waals surface area contributed by atoms with Gasteiger partial charge in [-0.15, -0.1) is 71.8 Å². The molecule has 1 radical (unpaired) electrons. The van der Waals surface area contributed by atoms with E-state index in [1.165, 1.54) is 29.3 Å². The van der Waals surface area contributed by atoms with E-state index in [9.17, 15) is 4.79 Å². The van der Waals surface area contributed by atoms with Crippen molar-refractivity contribution in [2.75, 3.05) is 0 Å². The molecule has 0 saturated carbocycles. The molecule has 7 heteroatoms. The number of carbonyl (C=O) groups is 1. The van der Waals surface area contributed by atoms with E-state index in [0.717, 1.165) is 32.2 Å². The molecule has 0 aliphatic heterocycles. The summed E-state index contributed by atoms with van der Waals surface area (Å²) in [6.07, 6.45) is 1.17. The molecule has 0 amide bonds. The zero-order valence-corrected chi connectivity index (χ0v) is 24.7. The van der Waals surface area contributed by atoms with E-state index in [0.29, 0.717) is 0 Å². The maximum absolute atomic E-state index is 10.0. The largest absolute Gasteiger partial charge is 0.512 e. The fourth-order valence-corrected chi connectivity index (χ4v) is 5.23. The van der Waals surface area contributed by atoms with Gasteiger partial charge in [-0.25, -0.2) is 0 Å². The van der Waals surface area contributed by atoms with Crippen LogP contribution < -0.4 is 0 Å². The molecule has 0 fully saturated rings. The van der Waals surface area contributed by atoms with Gasteiger partial charge in [0.15, 0.2) is 5.78 Å². The van der Waals surface area contributed by atoms with Crippen LogP contribution in [0.4, 0.5) is 0 Å². The van der Waals surface area contributed by atoms with Crippen molar-refractivity contribution in [3.05, 3.63) is 121 Å². The third-order valence-corrected chi connectivity index (χ3v) is 7.02. The van der Waals surface area contributed by atoms with Gasteiger partial charge in [-0.05, 0) is 38.1 Å². The molecule has 0 aliphatic rings. The molecule has 0 saturated heterocycles. The van der Waals surface area contributed by atoms with Crippen LogP contribution in [0.5, 0.6) is 0 Å². The van der Waals surface area contributed by atoms with Gasteiger partial charge < -0.3 is 5.11 Å². The van der Waals surface area contributed by atoms with Crippen LogP contribution in [0, 0.1) is 12.1 Å². The van der Waals surface area contributed by atoms with E-state index in [1.807, 2.05) is 84.9 Å². The summed E-state index contributed by atoms with van der Waals surface area (Å²) < 4.78 is 2.45. The average Bonchev–Trinajstić information content (AvgIpc) is 3.54. The number of carbonyl (C=O) groups excluding carboxylic acids is 1. The molecule has 4 aromatic carbocycles. The molecule has 0 bridgehead atoms. The van der Waals surface area contributed by atoms with Gasteiger partial charge in [0, 0.05) is 45.6 Å². The predicted octanol–water partition coefficient (Wildman–Crippen LogP) is 8.56. The van der Waals surface area contributed by atoms with E-state index in [4.69, 9.17) is 5.11 Å². The van der Waals surface area contributed by atoms with Gasteiger partial charge >= 0.3 is 0 Å². The van der Waals surface area contributed by atoms with Crippen molar-refractivity contribution in [3.8, 4) is 21.1 Å². The zero-order chi connectivity index (χ0) is 26.0. The van der Waals surface area contributed by atoms with Gasteiger partial charge in [0.05, 0.1) is 16.8 Å². The number of aromatic nitrogens is 2. The zero-order valence-electron chi connectivity index (χ0n) is 20.7. The SMILES string of the molecule is CC(=O)/C=C(\C)O.[Ir].[c-]1ccccc1-c1nc2ccccc2s1.[c-]1ccccc1-c1nc2ccccc2s1. The maximum atomic E-state index is 10.0. The Kier molecular flexibility index (Phi) is 11.1. The monoisotopic (exact) mass is 713 g/mol. The van der Waals surface area contributed by atoms with Crippen molar-refractivity contribution in [1.82, 2.24) is 9.97 Å². The number of para-hydroxylation sites is 2. The van der Waals surface area contributed by atoms with Crippen LogP contribution in [-0.2, 0) is 24.9 Å². The molecule has 6 rings (SSSR count). The van der Waals surface area contributed by atoms with Gasteiger partial charge in [-0.1, -0.05) is 24.3 Å². The van der Waals surface area contributed by atoms with E-state index in [1.54, 1.807) is 22.7 Å². The Morgan fingerprint density at radius 3 is 1.45 bits per heavy atom. The van der Waals surface area contributed by atoms with Crippen LogP contribution >= 0.6 is 22.7 Å². The van der Waals surface area contributed by atoms with E-state index < -0.39 is 0 Å². The predicted molar refractivity (Wildman–Crippen MR) is 155 cm³/mol. The first kappa shape index (κ1) is 29.1. The quantitative estimate of drug-likeness (QED) is 0.114. The molecular weight excluding hydrogens is 689 g/mol. The van der Waals surface area contributed by atoms with Crippen molar-refractivity contribution in [3.63, 3.8) is 0 Å².